The number of nitrogens with zero attached hydrogens (tertiary/aromatic N) is 2. The minimum Gasteiger partial charge on any atom is -0.462 e. The summed E-state index contributed by atoms with van der Waals surface area (Å²) in [6, 6.07) is 6.48. The van der Waals surface area contributed by atoms with E-state index in [0.29, 0.717) is 6.20 Å². The van der Waals surface area contributed by atoms with Gasteiger partial charge in [0.25, 0.3) is 5.91 Å². The molecule has 0 atom stereocenters. The average Bonchev–Trinajstić information content (AvgIpc) is 2.59. The van der Waals surface area contributed by atoms with Gasteiger partial charge < -0.3 is 4.74 Å². The highest BCUT2D eigenvalue weighted by Crippen LogP contribution is 2.27. The van der Waals surface area contributed by atoms with Gasteiger partial charge in [-0.2, -0.15) is 13.2 Å². The highest BCUT2D eigenvalue weighted by Gasteiger charge is 2.36. The molecule has 0 bridgehead atoms. The van der Waals surface area contributed by atoms with Crippen molar-refractivity contribution in [3.8, 4) is 0 Å². The summed E-state index contributed by atoms with van der Waals surface area (Å²) in [5.74, 6) is -3.52. The van der Waals surface area contributed by atoms with E-state index < -0.39 is 29.7 Å². The molecule has 1 amide bonds. The highest BCUT2D eigenvalue weighted by atomic mass is 19.4. The summed E-state index contributed by atoms with van der Waals surface area (Å²) in [5, 5.41) is 0. The molecule has 2 aromatic rings. The number of hydrogen-bond acceptors (Lipinski definition) is 6. The fraction of sp³-hybridized carbons (Fsp3) is 0.250. The van der Waals surface area contributed by atoms with Crippen LogP contribution in [0.5, 0.6) is 0 Å². The lowest BCUT2D eigenvalue weighted by atomic mass is 10.1. The molecule has 2 N–H and O–H groups in total. The van der Waals surface area contributed by atoms with Gasteiger partial charge in [0.2, 0.25) is 5.82 Å². The fourth-order valence-corrected chi connectivity index (χ4v) is 1.86. The Kier molecular flexibility index (Phi) is 5.75. The zero-order valence-corrected chi connectivity index (χ0v) is 13.8. The van der Waals surface area contributed by atoms with E-state index in [2.05, 4.69) is 20.8 Å². The van der Waals surface area contributed by atoms with E-state index in [0.717, 1.165) is 5.56 Å². The largest absolute Gasteiger partial charge is 0.462 e. The number of rotatable bonds is 5. The third kappa shape index (κ3) is 4.68. The molecule has 1 heterocycles. The van der Waals surface area contributed by atoms with Gasteiger partial charge in [0, 0.05) is 11.8 Å². The predicted octanol–water partition coefficient (Wildman–Crippen LogP) is 2.74. The Bertz CT molecular complexity index is 807. The molecule has 2 rings (SSSR count). The van der Waals surface area contributed by atoms with Gasteiger partial charge in [0.15, 0.2) is 5.82 Å². The van der Waals surface area contributed by atoms with Crippen LogP contribution < -0.4 is 10.9 Å². The lowest BCUT2D eigenvalue weighted by Gasteiger charge is -2.13. The van der Waals surface area contributed by atoms with Crippen LogP contribution in [0.25, 0.3) is 0 Å². The zero-order valence-electron chi connectivity index (χ0n) is 13.8. The standard InChI is InChI=1S/C16H15F3N4O3/c1-3-26-14(25)11-8-20-15(16(17,18)19)21-12(11)22-23-13(24)10-6-4-9(2)5-7-10/h4-8H,3H2,1-2H3,(H,23,24)(H,20,21,22). The molecule has 7 nitrogen and oxygen atoms in total. The first kappa shape index (κ1) is 19.2. The first-order chi connectivity index (χ1) is 12.2. The van der Waals surface area contributed by atoms with Crippen molar-refractivity contribution in [2.75, 3.05) is 12.0 Å². The summed E-state index contributed by atoms with van der Waals surface area (Å²) in [6.07, 6.45) is -4.13. The smallest absolute Gasteiger partial charge is 0.451 e. The first-order valence-corrected chi connectivity index (χ1v) is 7.46. The molecule has 0 saturated carbocycles. The number of aryl methyl sites for hydroxylation is 1. The Morgan fingerprint density at radius 2 is 1.85 bits per heavy atom. The number of alkyl halides is 3. The molecule has 138 valence electrons. The quantitative estimate of drug-likeness (QED) is 0.623. The summed E-state index contributed by atoms with van der Waals surface area (Å²) in [7, 11) is 0. The molecule has 0 aliphatic rings. The predicted molar refractivity (Wildman–Crippen MR) is 85.3 cm³/mol. The summed E-state index contributed by atoms with van der Waals surface area (Å²) in [6.45, 7) is 3.38. The van der Waals surface area contributed by atoms with Gasteiger partial charge in [-0.3, -0.25) is 15.6 Å². The maximum absolute atomic E-state index is 12.8. The molecule has 26 heavy (non-hydrogen) atoms. The summed E-state index contributed by atoms with van der Waals surface area (Å²) < 4.78 is 43.1. The van der Waals surface area contributed by atoms with Crippen molar-refractivity contribution in [2.45, 2.75) is 20.0 Å². The molecule has 0 aliphatic heterocycles. The van der Waals surface area contributed by atoms with Crippen molar-refractivity contribution in [3.05, 3.63) is 53.0 Å². The second-order valence-electron chi connectivity index (χ2n) is 5.12. The maximum Gasteiger partial charge on any atom is 0.451 e. The average molecular weight is 368 g/mol. The summed E-state index contributed by atoms with van der Waals surface area (Å²) >= 11 is 0. The molecule has 0 radical (unpaired) electrons. The van der Waals surface area contributed by atoms with Crippen LogP contribution in [0.1, 0.15) is 39.0 Å². The SMILES string of the molecule is CCOC(=O)c1cnc(C(F)(F)F)nc1NNC(=O)c1ccc(C)cc1. The van der Waals surface area contributed by atoms with Crippen molar-refractivity contribution in [2.24, 2.45) is 0 Å². The second kappa shape index (κ2) is 7.81. The van der Waals surface area contributed by atoms with Gasteiger partial charge in [0.05, 0.1) is 6.61 Å². The molecular weight excluding hydrogens is 353 g/mol. The van der Waals surface area contributed by atoms with E-state index in [4.69, 9.17) is 4.74 Å². The first-order valence-electron chi connectivity index (χ1n) is 7.46. The lowest BCUT2D eigenvalue weighted by Crippen LogP contribution is -2.31. The van der Waals surface area contributed by atoms with Crippen LogP contribution in [0.2, 0.25) is 0 Å². The molecular formula is C16H15F3N4O3. The highest BCUT2D eigenvalue weighted by molar-refractivity contribution is 5.97. The number of anilines is 1. The third-order valence-corrected chi connectivity index (χ3v) is 3.15. The number of esters is 1. The van der Waals surface area contributed by atoms with E-state index in [1.165, 1.54) is 6.92 Å². The number of aromatic nitrogens is 2. The van der Waals surface area contributed by atoms with Crippen LogP contribution in [-0.2, 0) is 10.9 Å². The van der Waals surface area contributed by atoms with Crippen molar-refractivity contribution >= 4 is 17.7 Å². The van der Waals surface area contributed by atoms with Gasteiger partial charge in [0.1, 0.15) is 5.56 Å². The van der Waals surface area contributed by atoms with Crippen molar-refractivity contribution in [1.29, 1.82) is 0 Å². The Labute approximate surface area is 146 Å². The Balaban J connectivity index is 2.25. The molecule has 0 unspecified atom stereocenters. The third-order valence-electron chi connectivity index (χ3n) is 3.15. The van der Waals surface area contributed by atoms with Crippen LogP contribution in [0.15, 0.2) is 30.5 Å². The van der Waals surface area contributed by atoms with Crippen LogP contribution >= 0.6 is 0 Å². The molecule has 0 fully saturated rings. The van der Waals surface area contributed by atoms with Gasteiger partial charge in [-0.1, -0.05) is 17.7 Å². The number of benzene rings is 1. The second-order valence-corrected chi connectivity index (χ2v) is 5.12. The number of amides is 1. The normalized spacial score (nSPS) is 11.0. The zero-order chi connectivity index (χ0) is 19.3. The number of ether oxygens (including phenoxy) is 1. The van der Waals surface area contributed by atoms with Gasteiger partial charge in [-0.25, -0.2) is 14.8 Å². The number of carbonyl (C=O) groups excluding carboxylic acids is 2. The Morgan fingerprint density at radius 1 is 1.19 bits per heavy atom. The van der Waals surface area contributed by atoms with Crippen molar-refractivity contribution in [1.82, 2.24) is 15.4 Å². The summed E-state index contributed by atoms with van der Waals surface area (Å²) in [4.78, 5) is 30.3. The minimum absolute atomic E-state index is 0.00895. The number of hydrazine groups is 1. The molecule has 1 aromatic carbocycles. The Hall–Kier alpha value is -3.17. The fourth-order valence-electron chi connectivity index (χ4n) is 1.86. The molecule has 0 saturated heterocycles. The van der Waals surface area contributed by atoms with Crippen molar-refractivity contribution < 1.29 is 27.5 Å². The van der Waals surface area contributed by atoms with E-state index in [1.54, 1.807) is 24.3 Å². The molecule has 10 heteroatoms. The van der Waals surface area contributed by atoms with E-state index in [-0.39, 0.29) is 17.7 Å². The molecule has 1 aromatic heterocycles. The number of carbonyl (C=O) groups is 2. The maximum atomic E-state index is 12.8. The van der Waals surface area contributed by atoms with E-state index >= 15 is 0 Å². The van der Waals surface area contributed by atoms with Crippen molar-refractivity contribution in [3.63, 3.8) is 0 Å². The van der Waals surface area contributed by atoms with Gasteiger partial charge in [-0.15, -0.1) is 0 Å². The number of hydrogen-bond donors (Lipinski definition) is 2. The van der Waals surface area contributed by atoms with Crippen LogP contribution in [0, 0.1) is 6.92 Å². The monoisotopic (exact) mass is 368 g/mol. The molecule has 0 aliphatic carbocycles. The van der Waals surface area contributed by atoms with Gasteiger partial charge >= 0.3 is 12.1 Å². The van der Waals surface area contributed by atoms with Crippen LogP contribution in [-0.4, -0.2) is 28.5 Å². The molecule has 0 spiro atoms. The Morgan fingerprint density at radius 3 is 2.42 bits per heavy atom. The van der Waals surface area contributed by atoms with E-state index in [9.17, 15) is 22.8 Å². The topological polar surface area (TPSA) is 93.2 Å². The minimum atomic E-state index is -4.81. The van der Waals surface area contributed by atoms with Crippen LogP contribution in [0.4, 0.5) is 19.0 Å². The van der Waals surface area contributed by atoms with E-state index in [1.807, 2.05) is 6.92 Å². The number of nitrogens with one attached hydrogen (secondary N) is 2. The van der Waals surface area contributed by atoms with Gasteiger partial charge in [-0.05, 0) is 26.0 Å². The lowest BCUT2D eigenvalue weighted by molar-refractivity contribution is -0.144. The summed E-state index contributed by atoms with van der Waals surface area (Å²) in [5.41, 5.74) is 5.28. The number of halogens is 3. The van der Waals surface area contributed by atoms with Crippen LogP contribution in [0.3, 0.4) is 0 Å².